The van der Waals surface area contributed by atoms with E-state index < -0.39 is 0 Å². The Bertz CT molecular complexity index is 480. The zero-order valence-electron chi connectivity index (χ0n) is 9.57. The largest absolute Gasteiger partial charge is 0.507 e. The molecule has 96 valence electrons. The quantitative estimate of drug-likeness (QED) is 0.767. The van der Waals surface area contributed by atoms with E-state index in [1.165, 1.54) is 6.07 Å². The zero-order valence-corrected chi connectivity index (χ0v) is 11.2. The number of hydrogen-bond acceptors (Lipinski definition) is 3. The van der Waals surface area contributed by atoms with Crippen molar-refractivity contribution in [1.29, 1.82) is 0 Å². The molecule has 0 bridgehead atoms. The molecule has 1 aromatic carbocycles. The standard InChI is InChI=1S/C12H13BrN2O3/c13-9-3-1-7(5-10(9)16)12(18)15-8-2-4-11(17)14-6-8/h1,3,5,8,16H,2,4,6H2,(H,14,17)(H,15,18). The third-order valence-corrected chi connectivity index (χ3v) is 3.48. The molecular formula is C12H13BrN2O3. The molecule has 5 nitrogen and oxygen atoms in total. The number of carbonyl (C=O) groups excluding carboxylic acids is 2. The Labute approximate surface area is 113 Å². The van der Waals surface area contributed by atoms with Gasteiger partial charge >= 0.3 is 0 Å². The van der Waals surface area contributed by atoms with E-state index in [9.17, 15) is 14.7 Å². The summed E-state index contributed by atoms with van der Waals surface area (Å²) < 4.78 is 0.545. The average molecular weight is 313 g/mol. The summed E-state index contributed by atoms with van der Waals surface area (Å²) in [7, 11) is 0. The van der Waals surface area contributed by atoms with Crippen LogP contribution in [-0.2, 0) is 4.79 Å². The average Bonchev–Trinajstić information content (AvgIpc) is 2.35. The summed E-state index contributed by atoms with van der Waals surface area (Å²) >= 11 is 3.15. The van der Waals surface area contributed by atoms with Crippen molar-refractivity contribution in [2.75, 3.05) is 6.54 Å². The molecule has 1 heterocycles. The van der Waals surface area contributed by atoms with E-state index >= 15 is 0 Å². The summed E-state index contributed by atoms with van der Waals surface area (Å²) in [5.74, 6) is -0.208. The first-order valence-corrected chi connectivity index (χ1v) is 6.41. The monoisotopic (exact) mass is 312 g/mol. The number of carbonyl (C=O) groups is 2. The van der Waals surface area contributed by atoms with Gasteiger partial charge in [-0.25, -0.2) is 0 Å². The highest BCUT2D eigenvalue weighted by Crippen LogP contribution is 2.24. The van der Waals surface area contributed by atoms with E-state index in [1.807, 2.05) is 0 Å². The summed E-state index contributed by atoms with van der Waals surface area (Å²) in [5, 5.41) is 15.0. The number of phenols is 1. The van der Waals surface area contributed by atoms with Crippen LogP contribution in [0.5, 0.6) is 5.75 Å². The molecule has 0 radical (unpaired) electrons. The summed E-state index contributed by atoms with van der Waals surface area (Å²) in [6, 6.07) is 4.59. The van der Waals surface area contributed by atoms with Crippen LogP contribution in [0.3, 0.4) is 0 Å². The van der Waals surface area contributed by atoms with Gasteiger partial charge in [-0.1, -0.05) is 0 Å². The van der Waals surface area contributed by atoms with Crippen molar-refractivity contribution in [3.8, 4) is 5.75 Å². The topological polar surface area (TPSA) is 78.4 Å². The van der Waals surface area contributed by atoms with Gasteiger partial charge in [0.2, 0.25) is 5.91 Å². The summed E-state index contributed by atoms with van der Waals surface area (Å²) in [6.45, 7) is 0.451. The van der Waals surface area contributed by atoms with Crippen molar-refractivity contribution < 1.29 is 14.7 Å². The molecule has 3 N–H and O–H groups in total. The lowest BCUT2D eigenvalue weighted by Gasteiger charge is -2.23. The molecular weight excluding hydrogens is 300 g/mol. The molecule has 18 heavy (non-hydrogen) atoms. The second-order valence-electron chi connectivity index (χ2n) is 4.18. The van der Waals surface area contributed by atoms with Crippen molar-refractivity contribution in [2.45, 2.75) is 18.9 Å². The van der Waals surface area contributed by atoms with E-state index in [-0.39, 0.29) is 23.6 Å². The molecule has 1 atom stereocenters. The van der Waals surface area contributed by atoms with Crippen LogP contribution in [0, 0.1) is 0 Å². The van der Waals surface area contributed by atoms with Crippen molar-refractivity contribution in [2.24, 2.45) is 0 Å². The molecule has 1 aliphatic rings. The maximum absolute atomic E-state index is 11.9. The van der Waals surface area contributed by atoms with Gasteiger partial charge in [0.1, 0.15) is 5.75 Å². The summed E-state index contributed by atoms with van der Waals surface area (Å²) in [4.78, 5) is 22.9. The van der Waals surface area contributed by atoms with Crippen molar-refractivity contribution in [3.05, 3.63) is 28.2 Å². The molecule has 1 unspecified atom stereocenters. The molecule has 0 saturated carbocycles. The first-order chi connectivity index (χ1) is 8.56. The molecule has 1 fully saturated rings. The molecule has 1 saturated heterocycles. The van der Waals surface area contributed by atoms with Gasteiger partial charge < -0.3 is 15.7 Å². The Morgan fingerprint density at radius 1 is 1.50 bits per heavy atom. The lowest BCUT2D eigenvalue weighted by molar-refractivity contribution is -0.122. The van der Waals surface area contributed by atoms with Crippen LogP contribution < -0.4 is 10.6 Å². The van der Waals surface area contributed by atoms with Crippen LogP contribution in [0.15, 0.2) is 22.7 Å². The van der Waals surface area contributed by atoms with Gasteiger partial charge in [-0.2, -0.15) is 0 Å². The highest BCUT2D eigenvalue weighted by molar-refractivity contribution is 9.10. The molecule has 0 aromatic heterocycles. The minimum Gasteiger partial charge on any atom is -0.507 e. The summed E-state index contributed by atoms with van der Waals surface area (Å²) in [6.07, 6.45) is 1.07. The second-order valence-corrected chi connectivity index (χ2v) is 5.03. The Balaban J connectivity index is 1.99. The lowest BCUT2D eigenvalue weighted by Crippen LogP contribution is -2.47. The zero-order chi connectivity index (χ0) is 13.1. The van der Waals surface area contributed by atoms with E-state index in [0.717, 1.165) is 0 Å². The van der Waals surface area contributed by atoms with Crippen LogP contribution in [0.1, 0.15) is 23.2 Å². The van der Waals surface area contributed by atoms with Crippen LogP contribution in [0.2, 0.25) is 0 Å². The summed E-state index contributed by atoms with van der Waals surface area (Å²) in [5.41, 5.74) is 0.396. The molecule has 1 aromatic rings. The molecule has 2 amide bonds. The molecule has 6 heteroatoms. The van der Waals surface area contributed by atoms with Crippen molar-refractivity contribution >= 4 is 27.7 Å². The third kappa shape index (κ3) is 3.01. The van der Waals surface area contributed by atoms with E-state index in [0.29, 0.717) is 29.4 Å². The Hall–Kier alpha value is -1.56. The molecule has 2 rings (SSSR count). The van der Waals surface area contributed by atoms with E-state index in [4.69, 9.17) is 0 Å². The second kappa shape index (κ2) is 5.39. The number of nitrogens with one attached hydrogen (secondary N) is 2. The van der Waals surface area contributed by atoms with Crippen molar-refractivity contribution in [3.63, 3.8) is 0 Å². The fourth-order valence-electron chi connectivity index (χ4n) is 1.78. The normalized spacial score (nSPS) is 19.2. The lowest BCUT2D eigenvalue weighted by atomic mass is 10.1. The molecule has 1 aliphatic heterocycles. The first-order valence-electron chi connectivity index (χ1n) is 5.62. The number of phenolic OH excluding ortho intramolecular Hbond substituents is 1. The number of benzene rings is 1. The number of amides is 2. The number of halogens is 1. The Kier molecular flexibility index (Phi) is 3.86. The van der Waals surface area contributed by atoms with Gasteiger partial charge in [-0.15, -0.1) is 0 Å². The molecule has 0 spiro atoms. The number of hydrogen-bond donors (Lipinski definition) is 3. The minimum atomic E-state index is -0.251. The minimum absolute atomic E-state index is 0.0155. The van der Waals surface area contributed by atoms with Crippen LogP contribution in [-0.4, -0.2) is 29.5 Å². The highest BCUT2D eigenvalue weighted by atomic mass is 79.9. The van der Waals surface area contributed by atoms with Crippen molar-refractivity contribution in [1.82, 2.24) is 10.6 Å². The van der Waals surface area contributed by atoms with E-state index in [1.54, 1.807) is 12.1 Å². The fraction of sp³-hybridized carbons (Fsp3) is 0.333. The third-order valence-electron chi connectivity index (χ3n) is 2.81. The Morgan fingerprint density at radius 3 is 2.89 bits per heavy atom. The van der Waals surface area contributed by atoms with Gasteiger partial charge in [0.25, 0.3) is 5.91 Å². The van der Waals surface area contributed by atoms with Gasteiger partial charge in [-0.05, 0) is 40.5 Å². The van der Waals surface area contributed by atoms with Crippen LogP contribution in [0.25, 0.3) is 0 Å². The number of piperidine rings is 1. The fourth-order valence-corrected chi connectivity index (χ4v) is 2.03. The Morgan fingerprint density at radius 2 is 2.28 bits per heavy atom. The number of aromatic hydroxyl groups is 1. The predicted octanol–water partition coefficient (Wildman–Crippen LogP) is 1.16. The first kappa shape index (κ1) is 12.9. The van der Waals surface area contributed by atoms with Gasteiger partial charge in [-0.3, -0.25) is 9.59 Å². The van der Waals surface area contributed by atoms with E-state index in [2.05, 4.69) is 26.6 Å². The van der Waals surface area contributed by atoms with Gasteiger partial charge in [0, 0.05) is 24.6 Å². The van der Waals surface area contributed by atoms with Gasteiger partial charge in [0.05, 0.1) is 4.47 Å². The van der Waals surface area contributed by atoms with Gasteiger partial charge in [0.15, 0.2) is 0 Å². The molecule has 0 aliphatic carbocycles. The number of rotatable bonds is 2. The van der Waals surface area contributed by atoms with Crippen LogP contribution in [0.4, 0.5) is 0 Å². The maximum atomic E-state index is 11.9. The highest BCUT2D eigenvalue weighted by Gasteiger charge is 2.20. The SMILES string of the molecule is O=C1CCC(NC(=O)c2ccc(Br)c(O)c2)CN1. The predicted molar refractivity (Wildman–Crippen MR) is 69.3 cm³/mol. The smallest absolute Gasteiger partial charge is 0.251 e. The van der Waals surface area contributed by atoms with Crippen LogP contribution >= 0.6 is 15.9 Å². The maximum Gasteiger partial charge on any atom is 0.251 e.